The van der Waals surface area contributed by atoms with Gasteiger partial charge in [-0.15, -0.1) is 0 Å². The van der Waals surface area contributed by atoms with Crippen molar-refractivity contribution < 1.29 is 18.0 Å². The molecule has 0 radical (unpaired) electrons. The lowest BCUT2D eigenvalue weighted by molar-refractivity contribution is -0.138. The van der Waals surface area contributed by atoms with Gasteiger partial charge in [-0.05, 0) is 38.0 Å². The van der Waals surface area contributed by atoms with Gasteiger partial charge in [0, 0.05) is 19.5 Å². The first-order valence-corrected chi connectivity index (χ1v) is 6.84. The molecule has 0 aromatic rings. The molecular weight excluding hydrogens is 257 g/mol. The molecule has 3 N–H and O–H groups in total. The highest BCUT2D eigenvalue weighted by Gasteiger charge is 2.39. The largest absolute Gasteiger partial charge is 0.389 e. The number of hydrogen-bond acceptors (Lipinski definition) is 2. The quantitative estimate of drug-likeness (QED) is 0.761. The Labute approximate surface area is 112 Å². The summed E-state index contributed by atoms with van der Waals surface area (Å²) in [5.74, 6) is 0.418. The van der Waals surface area contributed by atoms with E-state index < -0.39 is 18.0 Å². The Kier molecular flexibility index (Phi) is 5.64. The first-order chi connectivity index (χ1) is 8.79. The number of hydrogen-bond donors (Lipinski definition) is 2. The van der Waals surface area contributed by atoms with Gasteiger partial charge in [0.05, 0.1) is 5.41 Å². The van der Waals surface area contributed by atoms with Gasteiger partial charge < -0.3 is 11.1 Å². The van der Waals surface area contributed by atoms with Gasteiger partial charge in [-0.2, -0.15) is 13.2 Å². The zero-order valence-electron chi connectivity index (χ0n) is 11.4. The minimum absolute atomic E-state index is 0.0651. The molecule has 0 bridgehead atoms. The molecule has 0 aromatic carbocycles. The molecule has 1 amide bonds. The van der Waals surface area contributed by atoms with Crippen molar-refractivity contribution in [1.29, 1.82) is 0 Å². The molecular formula is C13H23F3N2O. The summed E-state index contributed by atoms with van der Waals surface area (Å²) in [6, 6.07) is 0. The minimum Gasteiger partial charge on any atom is -0.356 e. The molecule has 1 aliphatic rings. The van der Waals surface area contributed by atoms with Crippen molar-refractivity contribution in [2.45, 2.75) is 51.6 Å². The highest BCUT2D eigenvalue weighted by molar-refractivity contribution is 5.83. The number of amides is 1. The third kappa shape index (κ3) is 5.01. The van der Waals surface area contributed by atoms with Crippen molar-refractivity contribution in [3.8, 4) is 0 Å². The van der Waals surface area contributed by atoms with Gasteiger partial charge in [0.2, 0.25) is 5.91 Å². The predicted octanol–water partition coefficient (Wildman–Crippen LogP) is 2.60. The fourth-order valence-electron chi connectivity index (χ4n) is 2.52. The molecule has 0 unspecified atom stereocenters. The number of halogens is 3. The third-order valence-corrected chi connectivity index (χ3v) is 4.03. The van der Waals surface area contributed by atoms with Crippen LogP contribution in [0.1, 0.15) is 45.4 Å². The van der Waals surface area contributed by atoms with E-state index in [0.717, 1.165) is 25.7 Å². The molecule has 0 spiro atoms. The summed E-state index contributed by atoms with van der Waals surface area (Å²) in [5, 5.41) is 2.61. The minimum atomic E-state index is -4.16. The molecule has 0 aromatic heterocycles. The van der Waals surface area contributed by atoms with E-state index in [-0.39, 0.29) is 25.4 Å². The summed E-state index contributed by atoms with van der Waals surface area (Å²) in [7, 11) is 0. The zero-order valence-corrected chi connectivity index (χ0v) is 11.4. The summed E-state index contributed by atoms with van der Waals surface area (Å²) in [4.78, 5) is 12.1. The third-order valence-electron chi connectivity index (χ3n) is 4.03. The van der Waals surface area contributed by atoms with Crippen LogP contribution in [-0.2, 0) is 4.79 Å². The molecule has 112 valence electrons. The van der Waals surface area contributed by atoms with Gasteiger partial charge in [0.1, 0.15) is 0 Å². The van der Waals surface area contributed by atoms with Gasteiger partial charge in [-0.25, -0.2) is 0 Å². The van der Waals surface area contributed by atoms with Gasteiger partial charge in [0.25, 0.3) is 0 Å². The van der Waals surface area contributed by atoms with Crippen molar-refractivity contribution in [2.24, 2.45) is 17.1 Å². The molecule has 0 aliphatic heterocycles. The van der Waals surface area contributed by atoms with Crippen LogP contribution in [0, 0.1) is 11.3 Å². The Balaban J connectivity index is 2.38. The van der Waals surface area contributed by atoms with E-state index in [9.17, 15) is 18.0 Å². The molecule has 1 rings (SSSR count). The summed E-state index contributed by atoms with van der Waals surface area (Å²) in [5.41, 5.74) is 5.15. The van der Waals surface area contributed by atoms with E-state index in [4.69, 9.17) is 5.73 Å². The summed E-state index contributed by atoms with van der Waals surface area (Å²) in [6.07, 6.45) is -1.73. The van der Waals surface area contributed by atoms with Gasteiger partial charge in [0.15, 0.2) is 0 Å². The van der Waals surface area contributed by atoms with Crippen molar-refractivity contribution in [1.82, 2.24) is 5.32 Å². The molecule has 0 atom stereocenters. The van der Waals surface area contributed by atoms with Gasteiger partial charge in [-0.1, -0.05) is 6.92 Å². The maximum Gasteiger partial charge on any atom is 0.389 e. The molecule has 6 heteroatoms. The highest BCUT2D eigenvalue weighted by Crippen LogP contribution is 2.38. The van der Waals surface area contributed by atoms with E-state index in [1.807, 2.05) is 0 Å². The Morgan fingerprint density at radius 1 is 1.37 bits per heavy atom. The van der Waals surface area contributed by atoms with Crippen molar-refractivity contribution >= 4 is 5.91 Å². The lowest BCUT2D eigenvalue weighted by Gasteiger charge is -2.37. The van der Waals surface area contributed by atoms with E-state index in [2.05, 4.69) is 12.2 Å². The highest BCUT2D eigenvalue weighted by atomic mass is 19.4. The number of rotatable bonds is 5. The lowest BCUT2D eigenvalue weighted by atomic mass is 9.70. The van der Waals surface area contributed by atoms with E-state index in [1.165, 1.54) is 0 Å². The number of nitrogens with one attached hydrogen (secondary N) is 1. The summed E-state index contributed by atoms with van der Waals surface area (Å²) >= 11 is 0. The predicted molar refractivity (Wildman–Crippen MR) is 67.4 cm³/mol. The Morgan fingerprint density at radius 3 is 2.42 bits per heavy atom. The van der Waals surface area contributed by atoms with Crippen LogP contribution in [0.25, 0.3) is 0 Å². The Hall–Kier alpha value is -0.780. The van der Waals surface area contributed by atoms with Crippen LogP contribution in [0.5, 0.6) is 0 Å². The zero-order chi connectivity index (χ0) is 14.5. The Bertz CT molecular complexity index is 297. The fourth-order valence-corrected chi connectivity index (χ4v) is 2.52. The monoisotopic (exact) mass is 280 g/mol. The maximum atomic E-state index is 12.1. The Morgan fingerprint density at radius 2 is 1.95 bits per heavy atom. The topological polar surface area (TPSA) is 55.1 Å². The van der Waals surface area contributed by atoms with Crippen LogP contribution >= 0.6 is 0 Å². The van der Waals surface area contributed by atoms with Crippen molar-refractivity contribution in [3.63, 3.8) is 0 Å². The van der Waals surface area contributed by atoms with Crippen molar-refractivity contribution in [2.75, 3.05) is 13.1 Å². The summed E-state index contributed by atoms with van der Waals surface area (Å²) < 4.78 is 36.0. The number of carbonyl (C=O) groups is 1. The number of carbonyl (C=O) groups excluding carboxylic acids is 1. The first kappa shape index (κ1) is 16.3. The number of alkyl halides is 3. The lowest BCUT2D eigenvalue weighted by Crippen LogP contribution is -2.48. The van der Waals surface area contributed by atoms with Crippen LogP contribution < -0.4 is 11.1 Å². The first-order valence-electron chi connectivity index (χ1n) is 6.84. The molecule has 0 heterocycles. The second kappa shape index (κ2) is 6.59. The summed E-state index contributed by atoms with van der Waals surface area (Å²) in [6.45, 7) is 2.47. The van der Waals surface area contributed by atoms with E-state index >= 15 is 0 Å². The van der Waals surface area contributed by atoms with Gasteiger partial charge >= 0.3 is 6.18 Å². The molecule has 1 aliphatic carbocycles. The smallest absolute Gasteiger partial charge is 0.356 e. The fraction of sp³-hybridized carbons (Fsp3) is 0.923. The average Bonchev–Trinajstić information content (AvgIpc) is 2.34. The molecule has 3 nitrogen and oxygen atoms in total. The van der Waals surface area contributed by atoms with Crippen LogP contribution in [0.2, 0.25) is 0 Å². The van der Waals surface area contributed by atoms with Crippen LogP contribution in [0.15, 0.2) is 0 Å². The average molecular weight is 280 g/mol. The molecule has 1 saturated carbocycles. The second-order valence-electron chi connectivity index (χ2n) is 5.64. The van der Waals surface area contributed by atoms with Crippen molar-refractivity contribution in [3.05, 3.63) is 0 Å². The van der Waals surface area contributed by atoms with Crippen LogP contribution in [0.3, 0.4) is 0 Å². The number of nitrogens with two attached hydrogens (primary N) is 1. The van der Waals surface area contributed by atoms with Gasteiger partial charge in [-0.3, -0.25) is 4.79 Å². The molecule has 1 fully saturated rings. The molecule has 19 heavy (non-hydrogen) atoms. The second-order valence-corrected chi connectivity index (χ2v) is 5.64. The van der Waals surface area contributed by atoms with Crippen LogP contribution in [0.4, 0.5) is 13.2 Å². The maximum absolute atomic E-state index is 12.1. The molecule has 0 saturated heterocycles. The normalized spacial score (nSPS) is 28.2. The standard InChI is InChI=1S/C13H23F3N2O/c1-10-3-6-12(9-17,7-4-10)11(19)18-8-2-5-13(14,15)16/h10H,2-9,17H2,1H3,(H,18,19). The van der Waals surface area contributed by atoms with E-state index in [1.54, 1.807) is 0 Å². The van der Waals surface area contributed by atoms with Crippen LogP contribution in [-0.4, -0.2) is 25.2 Å². The SMILES string of the molecule is CC1CCC(CN)(C(=O)NCCCC(F)(F)F)CC1. The van der Waals surface area contributed by atoms with E-state index in [0.29, 0.717) is 5.92 Å².